The van der Waals surface area contributed by atoms with Gasteiger partial charge in [0.05, 0.1) is 5.75 Å². The fourth-order valence-corrected chi connectivity index (χ4v) is 2.84. The van der Waals surface area contributed by atoms with Crippen LogP contribution in [-0.4, -0.2) is 17.6 Å². The summed E-state index contributed by atoms with van der Waals surface area (Å²) in [6, 6.07) is 15.0. The maximum atomic E-state index is 12.0. The van der Waals surface area contributed by atoms with E-state index in [4.69, 9.17) is 4.74 Å². The normalized spacial score (nSPS) is 10.2. The minimum absolute atomic E-state index is 0.0809. The van der Waals surface area contributed by atoms with E-state index in [-0.39, 0.29) is 11.9 Å². The van der Waals surface area contributed by atoms with Gasteiger partial charge in [-0.05, 0) is 24.6 Å². The summed E-state index contributed by atoms with van der Waals surface area (Å²) < 4.78 is 4.99. The average Bonchev–Trinajstić information content (AvgIpc) is 2.47. The number of rotatable bonds is 6. The van der Waals surface area contributed by atoms with Gasteiger partial charge in [0.1, 0.15) is 5.75 Å². The van der Waals surface area contributed by atoms with Gasteiger partial charge in [0.25, 0.3) is 0 Å². The van der Waals surface area contributed by atoms with Crippen molar-refractivity contribution in [1.82, 2.24) is 0 Å². The van der Waals surface area contributed by atoms with Crippen molar-refractivity contribution in [2.45, 2.75) is 19.6 Å². The molecule has 0 aliphatic carbocycles. The van der Waals surface area contributed by atoms with E-state index in [2.05, 4.69) is 30.4 Å². The SMILES string of the molecule is CC(=O)Oc1cccc(NC(=O)CSCc2cccc(C)c2)c1. The number of aryl methyl sites for hydroxylation is 1. The smallest absolute Gasteiger partial charge is 0.308 e. The molecule has 0 spiro atoms. The first kappa shape index (κ1) is 17.1. The maximum Gasteiger partial charge on any atom is 0.308 e. The zero-order valence-corrected chi connectivity index (χ0v) is 14.0. The van der Waals surface area contributed by atoms with Crippen LogP contribution in [0, 0.1) is 6.92 Å². The van der Waals surface area contributed by atoms with Gasteiger partial charge in [0.2, 0.25) is 5.91 Å². The van der Waals surface area contributed by atoms with Crippen molar-refractivity contribution in [2.24, 2.45) is 0 Å². The number of nitrogens with one attached hydrogen (secondary N) is 1. The van der Waals surface area contributed by atoms with Crippen molar-refractivity contribution >= 4 is 29.3 Å². The van der Waals surface area contributed by atoms with Gasteiger partial charge in [-0.3, -0.25) is 9.59 Å². The quantitative estimate of drug-likeness (QED) is 0.647. The Morgan fingerprint density at radius 3 is 2.65 bits per heavy atom. The number of thioether (sulfide) groups is 1. The molecule has 5 heteroatoms. The van der Waals surface area contributed by atoms with Crippen molar-refractivity contribution in [1.29, 1.82) is 0 Å². The van der Waals surface area contributed by atoms with E-state index < -0.39 is 0 Å². The summed E-state index contributed by atoms with van der Waals surface area (Å²) in [5.74, 6) is 1.11. The first-order valence-electron chi connectivity index (χ1n) is 7.24. The molecule has 0 saturated heterocycles. The summed E-state index contributed by atoms with van der Waals surface area (Å²) >= 11 is 1.56. The minimum atomic E-state index is -0.387. The molecular weight excluding hydrogens is 310 g/mol. The van der Waals surface area contributed by atoms with Crippen LogP contribution >= 0.6 is 11.8 Å². The van der Waals surface area contributed by atoms with Crippen LogP contribution in [0.4, 0.5) is 5.69 Å². The lowest BCUT2D eigenvalue weighted by molar-refractivity contribution is -0.131. The first-order valence-corrected chi connectivity index (χ1v) is 8.40. The monoisotopic (exact) mass is 329 g/mol. The molecule has 0 unspecified atom stereocenters. The van der Waals surface area contributed by atoms with Crippen LogP contribution in [-0.2, 0) is 15.3 Å². The molecule has 0 radical (unpaired) electrons. The molecule has 0 atom stereocenters. The number of carbonyl (C=O) groups is 2. The molecule has 1 N–H and O–H groups in total. The van der Waals surface area contributed by atoms with Gasteiger partial charge in [0, 0.05) is 24.4 Å². The van der Waals surface area contributed by atoms with E-state index in [0.717, 1.165) is 5.75 Å². The van der Waals surface area contributed by atoms with Crippen LogP contribution in [0.1, 0.15) is 18.1 Å². The largest absolute Gasteiger partial charge is 0.427 e. The highest BCUT2D eigenvalue weighted by Crippen LogP contribution is 2.18. The predicted molar refractivity (Wildman–Crippen MR) is 93.7 cm³/mol. The molecular formula is C18H19NO3S. The summed E-state index contributed by atoms with van der Waals surface area (Å²) in [6.07, 6.45) is 0. The van der Waals surface area contributed by atoms with Crippen LogP contribution < -0.4 is 10.1 Å². The Morgan fingerprint density at radius 2 is 1.91 bits per heavy atom. The van der Waals surface area contributed by atoms with Crippen molar-refractivity contribution in [3.63, 3.8) is 0 Å². The highest BCUT2D eigenvalue weighted by Gasteiger charge is 2.05. The van der Waals surface area contributed by atoms with E-state index in [1.807, 2.05) is 6.07 Å². The Labute approximate surface area is 140 Å². The third-order valence-electron chi connectivity index (χ3n) is 2.96. The van der Waals surface area contributed by atoms with E-state index in [9.17, 15) is 9.59 Å². The third kappa shape index (κ3) is 6.16. The summed E-state index contributed by atoms with van der Waals surface area (Å²) in [5.41, 5.74) is 3.04. The van der Waals surface area contributed by atoms with E-state index in [0.29, 0.717) is 17.2 Å². The fraction of sp³-hybridized carbons (Fsp3) is 0.222. The van der Waals surface area contributed by atoms with Gasteiger partial charge < -0.3 is 10.1 Å². The van der Waals surface area contributed by atoms with E-state index in [1.54, 1.807) is 36.0 Å². The van der Waals surface area contributed by atoms with Crippen LogP contribution in [0.2, 0.25) is 0 Å². The van der Waals surface area contributed by atoms with E-state index >= 15 is 0 Å². The summed E-state index contributed by atoms with van der Waals surface area (Å²) in [6.45, 7) is 3.39. The van der Waals surface area contributed by atoms with Gasteiger partial charge in [-0.15, -0.1) is 11.8 Å². The lowest BCUT2D eigenvalue weighted by Gasteiger charge is -2.07. The first-order chi connectivity index (χ1) is 11.0. The molecule has 2 aromatic rings. The topological polar surface area (TPSA) is 55.4 Å². The average molecular weight is 329 g/mol. The fourth-order valence-electron chi connectivity index (χ4n) is 2.06. The second-order valence-electron chi connectivity index (χ2n) is 5.15. The number of amides is 1. The number of hydrogen-bond acceptors (Lipinski definition) is 4. The van der Waals surface area contributed by atoms with Crippen molar-refractivity contribution in [2.75, 3.05) is 11.1 Å². The Kier molecular flexibility index (Phi) is 6.23. The number of esters is 1. The predicted octanol–water partition coefficient (Wildman–Crippen LogP) is 3.79. The van der Waals surface area contributed by atoms with Gasteiger partial charge in [0.15, 0.2) is 0 Å². The van der Waals surface area contributed by atoms with Crippen LogP contribution in [0.25, 0.3) is 0 Å². The lowest BCUT2D eigenvalue weighted by Crippen LogP contribution is -2.14. The minimum Gasteiger partial charge on any atom is -0.427 e. The standard InChI is InChI=1S/C18H19NO3S/c1-13-5-3-6-15(9-13)11-23-12-18(21)19-16-7-4-8-17(10-16)22-14(2)20/h3-10H,11-12H2,1-2H3,(H,19,21). The number of hydrogen-bond donors (Lipinski definition) is 1. The highest BCUT2D eigenvalue weighted by molar-refractivity contribution is 7.99. The molecule has 23 heavy (non-hydrogen) atoms. The lowest BCUT2D eigenvalue weighted by atomic mass is 10.2. The molecule has 0 saturated carbocycles. The Hall–Kier alpha value is -2.27. The maximum absolute atomic E-state index is 12.0. The molecule has 1 amide bonds. The summed E-state index contributed by atoms with van der Waals surface area (Å²) in [5, 5.41) is 2.80. The number of carbonyl (C=O) groups excluding carboxylic acids is 2. The Bertz CT molecular complexity index is 700. The number of anilines is 1. The summed E-state index contributed by atoms with van der Waals surface area (Å²) in [4.78, 5) is 22.9. The Morgan fingerprint density at radius 1 is 1.13 bits per heavy atom. The number of benzene rings is 2. The van der Waals surface area contributed by atoms with Gasteiger partial charge >= 0.3 is 5.97 Å². The van der Waals surface area contributed by atoms with Crippen molar-refractivity contribution < 1.29 is 14.3 Å². The van der Waals surface area contributed by atoms with Crippen LogP contribution in [0.3, 0.4) is 0 Å². The molecule has 0 aliphatic heterocycles. The molecule has 0 heterocycles. The van der Waals surface area contributed by atoms with Gasteiger partial charge in [-0.1, -0.05) is 35.9 Å². The molecule has 0 aromatic heterocycles. The highest BCUT2D eigenvalue weighted by atomic mass is 32.2. The number of ether oxygens (including phenoxy) is 1. The van der Waals surface area contributed by atoms with Crippen LogP contribution in [0.5, 0.6) is 5.75 Å². The van der Waals surface area contributed by atoms with Crippen LogP contribution in [0.15, 0.2) is 48.5 Å². The molecule has 4 nitrogen and oxygen atoms in total. The third-order valence-corrected chi connectivity index (χ3v) is 3.97. The molecule has 0 fully saturated rings. The molecule has 2 rings (SSSR count). The molecule has 0 aliphatic rings. The molecule has 2 aromatic carbocycles. The second-order valence-corrected chi connectivity index (χ2v) is 6.14. The second kappa shape index (κ2) is 8.39. The zero-order chi connectivity index (χ0) is 16.7. The van der Waals surface area contributed by atoms with Crippen molar-refractivity contribution in [3.05, 3.63) is 59.7 Å². The molecule has 120 valence electrons. The van der Waals surface area contributed by atoms with Gasteiger partial charge in [-0.2, -0.15) is 0 Å². The van der Waals surface area contributed by atoms with Crippen molar-refractivity contribution in [3.8, 4) is 5.75 Å². The Balaban J connectivity index is 1.81. The molecule has 0 bridgehead atoms. The summed E-state index contributed by atoms with van der Waals surface area (Å²) in [7, 11) is 0. The van der Waals surface area contributed by atoms with Gasteiger partial charge in [-0.25, -0.2) is 0 Å². The zero-order valence-electron chi connectivity index (χ0n) is 13.2. The van der Waals surface area contributed by atoms with E-state index in [1.165, 1.54) is 18.1 Å².